The Morgan fingerprint density at radius 2 is 2.33 bits per heavy atom. The Labute approximate surface area is 107 Å². The molecule has 0 aromatic heterocycles. The number of rotatable bonds is 3. The van der Waals surface area contributed by atoms with Gasteiger partial charge < -0.3 is 9.84 Å². The van der Waals surface area contributed by atoms with E-state index in [1.54, 1.807) is 12.1 Å². The van der Waals surface area contributed by atoms with Gasteiger partial charge in [-0.05, 0) is 37.1 Å². The fourth-order valence-electron chi connectivity index (χ4n) is 2.28. The molecule has 0 saturated carbocycles. The summed E-state index contributed by atoms with van der Waals surface area (Å²) in [7, 11) is 0. The molecular weight excluding hydrogens is 230 g/mol. The monoisotopic (exact) mass is 249 g/mol. The Morgan fingerprint density at radius 1 is 1.56 bits per heavy atom. The first-order valence-electron chi connectivity index (χ1n) is 6.23. The minimum Gasteiger partial charge on any atom is -0.478 e. The van der Waals surface area contributed by atoms with E-state index in [2.05, 4.69) is 11.8 Å². The van der Waals surface area contributed by atoms with Crippen molar-refractivity contribution < 1.29 is 14.6 Å². The van der Waals surface area contributed by atoms with Crippen LogP contribution in [-0.4, -0.2) is 41.8 Å². The summed E-state index contributed by atoms with van der Waals surface area (Å²) in [6, 6.07) is 5.33. The number of aromatic carboxylic acids is 1. The van der Waals surface area contributed by atoms with Crippen LogP contribution in [0.3, 0.4) is 0 Å². The van der Waals surface area contributed by atoms with Gasteiger partial charge in [0.1, 0.15) is 0 Å². The van der Waals surface area contributed by atoms with Gasteiger partial charge in [0.05, 0.1) is 18.3 Å². The average Bonchev–Trinajstić information content (AvgIpc) is 2.31. The summed E-state index contributed by atoms with van der Waals surface area (Å²) in [6.45, 7) is 7.54. The van der Waals surface area contributed by atoms with Crippen molar-refractivity contribution in [2.45, 2.75) is 26.5 Å². The number of carboxylic acid groups (broad SMARTS) is 1. The molecule has 0 bridgehead atoms. The fraction of sp³-hybridized carbons (Fsp3) is 0.500. The molecule has 1 aromatic carbocycles. The number of hydrogen-bond donors (Lipinski definition) is 1. The largest absolute Gasteiger partial charge is 0.478 e. The molecular formula is C14H19NO3. The molecule has 1 aliphatic rings. The van der Waals surface area contributed by atoms with Crippen molar-refractivity contribution in [3.05, 3.63) is 34.9 Å². The molecule has 1 aromatic rings. The van der Waals surface area contributed by atoms with Crippen LogP contribution >= 0.6 is 0 Å². The molecule has 1 fully saturated rings. The number of nitrogens with zero attached hydrogens (tertiary/aromatic N) is 1. The predicted molar refractivity (Wildman–Crippen MR) is 68.8 cm³/mol. The van der Waals surface area contributed by atoms with Gasteiger partial charge in [-0.25, -0.2) is 4.79 Å². The third kappa shape index (κ3) is 3.09. The van der Waals surface area contributed by atoms with E-state index in [1.807, 2.05) is 13.0 Å². The molecule has 4 nitrogen and oxygen atoms in total. The van der Waals surface area contributed by atoms with Gasteiger partial charge in [-0.15, -0.1) is 0 Å². The standard InChI is InChI=1S/C14H19NO3/c1-10-7-12(14(16)17)3-4-13(10)9-15-5-6-18-11(2)8-15/h3-4,7,11H,5-6,8-9H2,1-2H3,(H,16,17). The second-order valence-corrected chi connectivity index (χ2v) is 4.86. The van der Waals surface area contributed by atoms with Crippen LogP contribution in [0.15, 0.2) is 18.2 Å². The highest BCUT2D eigenvalue weighted by atomic mass is 16.5. The molecule has 0 aliphatic carbocycles. The lowest BCUT2D eigenvalue weighted by Gasteiger charge is -2.31. The molecule has 1 N–H and O–H groups in total. The van der Waals surface area contributed by atoms with Gasteiger partial charge in [-0.1, -0.05) is 6.07 Å². The molecule has 2 rings (SSSR count). The average molecular weight is 249 g/mol. The number of morpholine rings is 1. The van der Waals surface area contributed by atoms with E-state index in [4.69, 9.17) is 9.84 Å². The van der Waals surface area contributed by atoms with E-state index in [0.29, 0.717) is 5.56 Å². The summed E-state index contributed by atoms with van der Waals surface area (Å²) in [5, 5.41) is 8.93. The van der Waals surface area contributed by atoms with E-state index in [-0.39, 0.29) is 6.10 Å². The van der Waals surface area contributed by atoms with Crippen LogP contribution in [0, 0.1) is 6.92 Å². The van der Waals surface area contributed by atoms with Crippen LogP contribution in [-0.2, 0) is 11.3 Å². The highest BCUT2D eigenvalue weighted by molar-refractivity contribution is 5.87. The van der Waals surface area contributed by atoms with Crippen LogP contribution in [0.5, 0.6) is 0 Å². The van der Waals surface area contributed by atoms with Crippen molar-refractivity contribution in [3.63, 3.8) is 0 Å². The molecule has 18 heavy (non-hydrogen) atoms. The maximum absolute atomic E-state index is 10.9. The highest BCUT2D eigenvalue weighted by Crippen LogP contribution is 2.15. The first-order valence-corrected chi connectivity index (χ1v) is 6.23. The van der Waals surface area contributed by atoms with Crippen molar-refractivity contribution in [1.82, 2.24) is 4.90 Å². The number of aryl methyl sites for hydroxylation is 1. The molecule has 0 spiro atoms. The SMILES string of the molecule is Cc1cc(C(=O)O)ccc1CN1CCOC(C)C1. The topological polar surface area (TPSA) is 49.8 Å². The van der Waals surface area contributed by atoms with Crippen molar-refractivity contribution in [1.29, 1.82) is 0 Å². The molecule has 1 unspecified atom stereocenters. The van der Waals surface area contributed by atoms with Crippen LogP contribution in [0.1, 0.15) is 28.4 Å². The Morgan fingerprint density at radius 3 is 2.94 bits per heavy atom. The van der Waals surface area contributed by atoms with E-state index in [1.165, 1.54) is 5.56 Å². The predicted octanol–water partition coefficient (Wildman–Crippen LogP) is 1.91. The molecule has 4 heteroatoms. The Kier molecular flexibility index (Phi) is 3.99. The number of hydrogen-bond acceptors (Lipinski definition) is 3. The lowest BCUT2D eigenvalue weighted by molar-refractivity contribution is -0.0212. The van der Waals surface area contributed by atoms with Gasteiger partial charge in [0, 0.05) is 19.6 Å². The van der Waals surface area contributed by atoms with Crippen molar-refractivity contribution in [2.24, 2.45) is 0 Å². The Balaban J connectivity index is 2.07. The van der Waals surface area contributed by atoms with Crippen molar-refractivity contribution >= 4 is 5.97 Å². The number of ether oxygens (including phenoxy) is 1. The summed E-state index contributed by atoms with van der Waals surface area (Å²) in [4.78, 5) is 13.2. The zero-order chi connectivity index (χ0) is 13.1. The van der Waals surface area contributed by atoms with E-state index in [9.17, 15) is 4.79 Å². The van der Waals surface area contributed by atoms with Crippen LogP contribution < -0.4 is 0 Å². The number of carbonyl (C=O) groups is 1. The summed E-state index contributed by atoms with van der Waals surface area (Å²) in [5.74, 6) is -0.871. The normalized spacial score (nSPS) is 20.9. The fourth-order valence-corrected chi connectivity index (χ4v) is 2.28. The minimum absolute atomic E-state index is 0.275. The maximum atomic E-state index is 10.9. The van der Waals surface area contributed by atoms with Gasteiger partial charge >= 0.3 is 5.97 Å². The van der Waals surface area contributed by atoms with Crippen molar-refractivity contribution in [3.8, 4) is 0 Å². The second-order valence-electron chi connectivity index (χ2n) is 4.86. The molecule has 98 valence electrons. The quantitative estimate of drug-likeness (QED) is 0.889. The highest BCUT2D eigenvalue weighted by Gasteiger charge is 2.17. The summed E-state index contributed by atoms with van der Waals surface area (Å²) in [5.41, 5.74) is 2.58. The van der Waals surface area contributed by atoms with Gasteiger partial charge in [-0.3, -0.25) is 4.90 Å². The Bertz CT molecular complexity index is 445. The van der Waals surface area contributed by atoms with Gasteiger partial charge in [0.2, 0.25) is 0 Å². The van der Waals surface area contributed by atoms with E-state index in [0.717, 1.165) is 31.8 Å². The lowest BCUT2D eigenvalue weighted by atomic mass is 10.0. The molecule has 1 saturated heterocycles. The molecule has 0 radical (unpaired) electrons. The number of benzene rings is 1. The van der Waals surface area contributed by atoms with Gasteiger partial charge in [0.25, 0.3) is 0 Å². The third-order valence-electron chi connectivity index (χ3n) is 3.31. The minimum atomic E-state index is -0.871. The third-order valence-corrected chi connectivity index (χ3v) is 3.31. The lowest BCUT2D eigenvalue weighted by Crippen LogP contribution is -2.40. The van der Waals surface area contributed by atoms with Crippen LogP contribution in [0.25, 0.3) is 0 Å². The second kappa shape index (κ2) is 5.50. The van der Waals surface area contributed by atoms with Crippen LogP contribution in [0.4, 0.5) is 0 Å². The number of carboxylic acids is 1. The first kappa shape index (κ1) is 13.1. The van der Waals surface area contributed by atoms with Crippen LogP contribution in [0.2, 0.25) is 0 Å². The van der Waals surface area contributed by atoms with Crippen molar-refractivity contribution in [2.75, 3.05) is 19.7 Å². The molecule has 1 aliphatic heterocycles. The summed E-state index contributed by atoms with van der Waals surface area (Å²) in [6.07, 6.45) is 0.275. The zero-order valence-electron chi connectivity index (χ0n) is 10.8. The summed E-state index contributed by atoms with van der Waals surface area (Å²) >= 11 is 0. The maximum Gasteiger partial charge on any atom is 0.335 e. The molecule has 0 amide bonds. The summed E-state index contributed by atoms with van der Waals surface area (Å²) < 4.78 is 5.51. The van der Waals surface area contributed by atoms with E-state index >= 15 is 0 Å². The van der Waals surface area contributed by atoms with Gasteiger partial charge in [-0.2, -0.15) is 0 Å². The zero-order valence-corrected chi connectivity index (χ0v) is 10.8. The smallest absolute Gasteiger partial charge is 0.335 e. The first-order chi connectivity index (χ1) is 8.56. The van der Waals surface area contributed by atoms with Gasteiger partial charge in [0.15, 0.2) is 0 Å². The Hall–Kier alpha value is -1.39. The molecule has 1 heterocycles. The van der Waals surface area contributed by atoms with E-state index < -0.39 is 5.97 Å². The molecule has 1 atom stereocenters.